The highest BCUT2D eigenvalue weighted by molar-refractivity contribution is 14.0. The van der Waals surface area contributed by atoms with Gasteiger partial charge in [0.2, 0.25) is 0 Å². The lowest BCUT2D eigenvalue weighted by Gasteiger charge is -2.22. The van der Waals surface area contributed by atoms with Crippen molar-refractivity contribution < 1.29 is 14.2 Å². The third kappa shape index (κ3) is 7.77. The number of rotatable bonds is 9. The third-order valence-electron chi connectivity index (χ3n) is 4.91. The van der Waals surface area contributed by atoms with E-state index >= 15 is 0 Å². The molecule has 164 valence electrons. The summed E-state index contributed by atoms with van der Waals surface area (Å²) in [4.78, 5) is 6.76. The number of benzene rings is 2. The Morgan fingerprint density at radius 3 is 2.67 bits per heavy atom. The maximum absolute atomic E-state index is 5.93. The van der Waals surface area contributed by atoms with Crippen LogP contribution in [0.5, 0.6) is 11.5 Å². The Labute approximate surface area is 196 Å². The molecule has 0 bridgehead atoms. The molecule has 7 heteroatoms. The topological polar surface area (TPSA) is 55.3 Å². The standard InChI is InChI=1S/C23H31N3O3.HI/c1-24-23(26-12-11-20(17-26)18-28-14-13-27-2)25-16-19-7-6-10-22(15-19)29-21-8-4-3-5-9-21;/h3-10,15,20H,11-14,16-18H2,1-2H3,(H,24,25);1H. The van der Waals surface area contributed by atoms with Gasteiger partial charge in [-0.25, -0.2) is 0 Å². The molecule has 1 aliphatic heterocycles. The van der Waals surface area contributed by atoms with E-state index in [0.717, 1.165) is 49.1 Å². The highest BCUT2D eigenvalue weighted by atomic mass is 127. The number of likely N-dealkylation sites (tertiary alicyclic amines) is 1. The molecule has 1 aliphatic rings. The van der Waals surface area contributed by atoms with Crippen molar-refractivity contribution in [1.29, 1.82) is 0 Å². The van der Waals surface area contributed by atoms with Crippen LogP contribution in [-0.4, -0.2) is 57.9 Å². The Morgan fingerprint density at radius 1 is 1.10 bits per heavy atom. The highest BCUT2D eigenvalue weighted by Crippen LogP contribution is 2.22. The van der Waals surface area contributed by atoms with E-state index in [0.29, 0.717) is 25.7 Å². The zero-order chi connectivity index (χ0) is 20.3. The fourth-order valence-electron chi connectivity index (χ4n) is 3.41. The number of hydrogen-bond donors (Lipinski definition) is 1. The normalized spacial score (nSPS) is 16.3. The molecule has 2 aromatic rings. The first-order valence-corrected chi connectivity index (χ1v) is 10.1. The Balaban J connectivity index is 0.00000320. The minimum atomic E-state index is 0. The molecule has 0 radical (unpaired) electrons. The quantitative estimate of drug-likeness (QED) is 0.231. The Hall–Kier alpha value is -1.84. The molecule has 1 atom stereocenters. The van der Waals surface area contributed by atoms with E-state index in [9.17, 15) is 0 Å². The van der Waals surface area contributed by atoms with Crippen LogP contribution in [0.15, 0.2) is 59.6 Å². The van der Waals surface area contributed by atoms with Gasteiger partial charge >= 0.3 is 0 Å². The third-order valence-corrected chi connectivity index (χ3v) is 4.91. The zero-order valence-electron chi connectivity index (χ0n) is 17.8. The van der Waals surface area contributed by atoms with Crippen molar-refractivity contribution in [2.24, 2.45) is 10.9 Å². The van der Waals surface area contributed by atoms with Gasteiger partial charge < -0.3 is 24.4 Å². The number of nitrogens with zero attached hydrogens (tertiary/aromatic N) is 2. The highest BCUT2D eigenvalue weighted by Gasteiger charge is 2.24. The summed E-state index contributed by atoms with van der Waals surface area (Å²) in [6.45, 7) is 4.73. The summed E-state index contributed by atoms with van der Waals surface area (Å²) in [6.07, 6.45) is 1.12. The number of ether oxygens (including phenoxy) is 3. The number of aliphatic imine (C=N–C) groups is 1. The van der Waals surface area contributed by atoms with Crippen molar-refractivity contribution in [2.45, 2.75) is 13.0 Å². The molecule has 1 N–H and O–H groups in total. The summed E-state index contributed by atoms with van der Waals surface area (Å²) in [5, 5.41) is 3.48. The van der Waals surface area contributed by atoms with E-state index in [1.54, 1.807) is 7.11 Å². The van der Waals surface area contributed by atoms with Crippen molar-refractivity contribution in [3.8, 4) is 11.5 Å². The van der Waals surface area contributed by atoms with Crippen LogP contribution in [0.3, 0.4) is 0 Å². The van der Waals surface area contributed by atoms with Gasteiger partial charge in [0.15, 0.2) is 5.96 Å². The van der Waals surface area contributed by atoms with Gasteiger partial charge in [0.1, 0.15) is 11.5 Å². The fraction of sp³-hybridized carbons (Fsp3) is 0.435. The van der Waals surface area contributed by atoms with Crippen LogP contribution < -0.4 is 10.1 Å². The zero-order valence-corrected chi connectivity index (χ0v) is 20.1. The molecule has 0 spiro atoms. The molecule has 0 amide bonds. The van der Waals surface area contributed by atoms with Crippen LogP contribution in [0.1, 0.15) is 12.0 Å². The largest absolute Gasteiger partial charge is 0.457 e. The minimum absolute atomic E-state index is 0. The molecule has 3 rings (SSSR count). The minimum Gasteiger partial charge on any atom is -0.457 e. The summed E-state index contributed by atoms with van der Waals surface area (Å²) < 4.78 is 16.6. The van der Waals surface area contributed by atoms with Crippen molar-refractivity contribution in [3.05, 3.63) is 60.2 Å². The second-order valence-corrected chi connectivity index (χ2v) is 7.13. The fourth-order valence-corrected chi connectivity index (χ4v) is 3.41. The van der Waals surface area contributed by atoms with E-state index in [1.807, 2.05) is 49.5 Å². The molecule has 1 fully saturated rings. The molecule has 0 aromatic heterocycles. The molecule has 30 heavy (non-hydrogen) atoms. The number of para-hydroxylation sites is 1. The van der Waals surface area contributed by atoms with Crippen LogP contribution in [0.2, 0.25) is 0 Å². The number of guanidine groups is 1. The lowest BCUT2D eigenvalue weighted by atomic mass is 10.1. The second-order valence-electron chi connectivity index (χ2n) is 7.13. The van der Waals surface area contributed by atoms with Gasteiger partial charge in [-0.2, -0.15) is 0 Å². The molecule has 1 heterocycles. The van der Waals surface area contributed by atoms with Crippen molar-refractivity contribution in [2.75, 3.05) is 47.1 Å². The summed E-state index contributed by atoms with van der Waals surface area (Å²) in [6, 6.07) is 18.0. The number of halogens is 1. The van der Waals surface area contributed by atoms with Crippen LogP contribution in [0, 0.1) is 5.92 Å². The van der Waals surface area contributed by atoms with Gasteiger partial charge in [-0.3, -0.25) is 4.99 Å². The number of methoxy groups -OCH3 is 1. The van der Waals surface area contributed by atoms with Gasteiger partial charge in [0.25, 0.3) is 0 Å². The molecule has 2 aromatic carbocycles. The van der Waals surface area contributed by atoms with Crippen LogP contribution in [0.25, 0.3) is 0 Å². The molecule has 0 saturated carbocycles. The SMILES string of the molecule is CN=C(NCc1cccc(Oc2ccccc2)c1)N1CCC(COCCOC)C1.I. The molecular formula is C23H32IN3O3. The smallest absolute Gasteiger partial charge is 0.193 e. The first kappa shape index (κ1) is 24.4. The van der Waals surface area contributed by atoms with Gasteiger partial charge in [-0.05, 0) is 36.2 Å². The lowest BCUT2D eigenvalue weighted by Crippen LogP contribution is -2.39. The van der Waals surface area contributed by atoms with Crippen molar-refractivity contribution >= 4 is 29.9 Å². The van der Waals surface area contributed by atoms with Gasteiger partial charge in [-0.1, -0.05) is 30.3 Å². The first-order chi connectivity index (χ1) is 14.3. The van der Waals surface area contributed by atoms with E-state index in [-0.39, 0.29) is 24.0 Å². The van der Waals surface area contributed by atoms with Crippen LogP contribution in [-0.2, 0) is 16.0 Å². The van der Waals surface area contributed by atoms with Gasteiger partial charge in [0, 0.05) is 39.7 Å². The van der Waals surface area contributed by atoms with E-state index in [1.165, 1.54) is 0 Å². The Morgan fingerprint density at radius 2 is 1.90 bits per heavy atom. The van der Waals surface area contributed by atoms with Crippen molar-refractivity contribution in [3.63, 3.8) is 0 Å². The van der Waals surface area contributed by atoms with E-state index in [2.05, 4.69) is 27.3 Å². The van der Waals surface area contributed by atoms with E-state index in [4.69, 9.17) is 14.2 Å². The Bertz CT molecular complexity index is 773. The summed E-state index contributed by atoms with van der Waals surface area (Å²) in [7, 11) is 3.53. The van der Waals surface area contributed by atoms with E-state index < -0.39 is 0 Å². The molecule has 6 nitrogen and oxygen atoms in total. The second kappa shape index (κ2) is 13.5. The monoisotopic (exact) mass is 525 g/mol. The molecule has 1 unspecified atom stereocenters. The molecular weight excluding hydrogens is 493 g/mol. The average Bonchev–Trinajstić information content (AvgIpc) is 3.21. The van der Waals surface area contributed by atoms with Gasteiger partial charge in [-0.15, -0.1) is 24.0 Å². The van der Waals surface area contributed by atoms with Crippen LogP contribution in [0.4, 0.5) is 0 Å². The lowest BCUT2D eigenvalue weighted by molar-refractivity contribution is 0.0536. The summed E-state index contributed by atoms with van der Waals surface area (Å²) >= 11 is 0. The average molecular weight is 525 g/mol. The predicted molar refractivity (Wildman–Crippen MR) is 131 cm³/mol. The maximum Gasteiger partial charge on any atom is 0.193 e. The maximum atomic E-state index is 5.93. The molecule has 0 aliphatic carbocycles. The first-order valence-electron chi connectivity index (χ1n) is 10.1. The van der Waals surface area contributed by atoms with Gasteiger partial charge in [0.05, 0.1) is 19.8 Å². The molecule has 1 saturated heterocycles. The summed E-state index contributed by atoms with van der Waals surface area (Å²) in [5.74, 6) is 3.14. The van der Waals surface area contributed by atoms with Crippen LogP contribution >= 0.6 is 24.0 Å². The van der Waals surface area contributed by atoms with Crippen molar-refractivity contribution in [1.82, 2.24) is 10.2 Å². The Kier molecular flexibility index (Phi) is 11.0. The number of nitrogens with one attached hydrogen (secondary N) is 1. The predicted octanol–water partition coefficient (Wildman–Crippen LogP) is 4.16. The number of hydrogen-bond acceptors (Lipinski definition) is 4. The summed E-state index contributed by atoms with van der Waals surface area (Å²) in [5.41, 5.74) is 1.15.